The highest BCUT2D eigenvalue weighted by Crippen LogP contribution is 2.38. The van der Waals surface area contributed by atoms with E-state index in [2.05, 4.69) is 43.3 Å². The summed E-state index contributed by atoms with van der Waals surface area (Å²) in [5.74, 6) is -2.61. The van der Waals surface area contributed by atoms with Crippen molar-refractivity contribution in [1.29, 1.82) is 0 Å². The van der Waals surface area contributed by atoms with Gasteiger partial charge in [0.05, 0.1) is 40.5 Å². The molecule has 1 amide bonds. The minimum Gasteiger partial charge on any atom is -0.480 e. The molecular formula is C46H61Cl3F3N8O13P. The molecule has 0 radical (unpaired) electrons. The van der Waals surface area contributed by atoms with Crippen LogP contribution in [-0.4, -0.2) is 124 Å². The quantitative estimate of drug-likeness (QED) is 0.0171. The summed E-state index contributed by atoms with van der Waals surface area (Å²) in [7, 11) is -1.47. The van der Waals surface area contributed by atoms with E-state index in [0.717, 1.165) is 60.1 Å². The summed E-state index contributed by atoms with van der Waals surface area (Å²) in [6, 6.07) is 10.6. The molecule has 0 aliphatic rings. The number of nitro groups is 1. The summed E-state index contributed by atoms with van der Waals surface area (Å²) < 4.78 is 68.6. The van der Waals surface area contributed by atoms with Crippen molar-refractivity contribution < 1.29 is 70.8 Å². The first-order valence-corrected chi connectivity index (χ1v) is 25.9. The molecule has 21 nitrogen and oxygen atoms in total. The molecule has 4 aromatic rings. The van der Waals surface area contributed by atoms with Gasteiger partial charge in [0.2, 0.25) is 23.1 Å². The van der Waals surface area contributed by atoms with Crippen molar-refractivity contribution in [2.75, 3.05) is 67.7 Å². The lowest BCUT2D eigenvalue weighted by atomic mass is 10.0. The Hall–Kier alpha value is -5.88. The molecule has 410 valence electrons. The van der Waals surface area contributed by atoms with Crippen molar-refractivity contribution in [1.82, 2.24) is 15.0 Å². The molecular weight excluding hydrogens is 1070 g/mol. The third kappa shape index (κ3) is 24.0. The fourth-order valence-corrected chi connectivity index (χ4v) is 7.19. The minimum atomic E-state index is -4.61. The number of aromatic nitrogens is 3. The van der Waals surface area contributed by atoms with Crippen LogP contribution >= 0.6 is 42.2 Å². The largest absolute Gasteiger partial charge is 0.480 e. The van der Waals surface area contributed by atoms with Crippen LogP contribution in [-0.2, 0) is 45.8 Å². The fraction of sp³-hybridized carbons (Fsp3) is 0.457. The van der Waals surface area contributed by atoms with Gasteiger partial charge in [-0.3, -0.25) is 24.3 Å². The highest BCUT2D eigenvalue weighted by Gasteiger charge is 2.31. The number of ether oxygens (including phenoxy) is 4. The zero-order valence-corrected chi connectivity index (χ0v) is 45.2. The number of hydrogen-bond donors (Lipinski definition) is 5. The Morgan fingerprint density at radius 3 is 2.15 bits per heavy atom. The Labute approximate surface area is 441 Å². The second-order valence-electron chi connectivity index (χ2n) is 15.8. The molecule has 6 N–H and O–H groups in total. The zero-order chi connectivity index (χ0) is 56.5. The van der Waals surface area contributed by atoms with Crippen LogP contribution in [0.5, 0.6) is 11.5 Å². The molecule has 4 rings (SSSR count). The van der Waals surface area contributed by atoms with Gasteiger partial charge in [0, 0.05) is 44.7 Å². The molecule has 0 saturated heterocycles. The van der Waals surface area contributed by atoms with Crippen molar-refractivity contribution in [2.45, 2.75) is 85.6 Å². The summed E-state index contributed by atoms with van der Waals surface area (Å²) in [6.07, 6.45) is -3.73. The standard InChI is InChI=1S/C18H13ClF3NO7.C15H22ClNO2.C8H14ClN5.C5H12NO4P/c1-2-28-16(24)9-29-17(25)12-8-11(4-5-14(12)23(26)27)30-15-6-3-10(7-13(15)19)18(20,21)22;1-5-13-8-6-7-11(2)15(13)17(14(18)9-16)12(3)10-19-4;1-4-10-7-12-6(9)13-8(14-7)11-5(2)3;1-11(9,10)3-2-4(6)5(7)8/h3-8H,2,9H2,1H3;6-8,12H,5,9-10H2,1-4H3;5H,4H2,1-3H3,(H2,10,11,12,13,14);4H,2-3,6H2,1H3,(H,7,8)(H,9,10). The molecule has 0 aliphatic carbocycles. The number of rotatable bonds is 21. The predicted octanol–water partition coefficient (Wildman–Crippen LogP) is 9.41. The molecule has 1 heterocycles. The number of nitrogens with zero attached hydrogens (tertiary/aromatic N) is 5. The van der Waals surface area contributed by atoms with Crippen LogP contribution in [0.15, 0.2) is 54.6 Å². The van der Waals surface area contributed by atoms with Gasteiger partial charge >= 0.3 is 24.1 Å². The number of methoxy groups -OCH3 is 1. The van der Waals surface area contributed by atoms with E-state index >= 15 is 0 Å². The number of nitrogens with two attached hydrogens (primary N) is 1. The average molecular weight is 1130 g/mol. The van der Waals surface area contributed by atoms with Crippen LogP contribution in [0.3, 0.4) is 0 Å². The number of aryl methyl sites for hydroxylation is 2. The number of carbonyl (C=O) groups is 4. The van der Waals surface area contributed by atoms with Gasteiger partial charge in [0.15, 0.2) is 14.0 Å². The Morgan fingerprint density at radius 1 is 0.986 bits per heavy atom. The Morgan fingerprint density at radius 2 is 1.64 bits per heavy atom. The normalized spacial score (nSPS) is 12.4. The Bertz CT molecular complexity index is 2550. The second kappa shape index (κ2) is 32.4. The molecule has 74 heavy (non-hydrogen) atoms. The molecule has 3 unspecified atom stereocenters. The lowest BCUT2D eigenvalue weighted by molar-refractivity contribution is -0.385. The van der Waals surface area contributed by atoms with Crippen molar-refractivity contribution in [2.24, 2.45) is 5.73 Å². The minimum absolute atomic E-state index is 0.0223. The monoisotopic (exact) mass is 1130 g/mol. The van der Waals surface area contributed by atoms with Crippen molar-refractivity contribution in [3.8, 4) is 11.5 Å². The molecule has 1 aromatic heterocycles. The van der Waals surface area contributed by atoms with Gasteiger partial charge in [0.1, 0.15) is 29.0 Å². The van der Waals surface area contributed by atoms with E-state index < -0.39 is 65.8 Å². The van der Waals surface area contributed by atoms with Crippen LogP contribution in [0, 0.1) is 17.0 Å². The SMILES string of the molecule is CCNc1nc(Cl)nc(NC(C)C)n1.CCOC(=O)COC(=O)c1cc(Oc2ccc(C(F)(F)F)cc2Cl)ccc1[N+](=O)[O-].CCc1cccc(C)c1N(C(=O)CCl)C(C)COC.CP(=O)(O)CCC(N)C(=O)O. The number of aliphatic carboxylic acids is 1. The molecule has 0 saturated carbocycles. The van der Waals surface area contributed by atoms with Crippen molar-refractivity contribution in [3.63, 3.8) is 0 Å². The summed E-state index contributed by atoms with van der Waals surface area (Å²) in [5.41, 5.74) is 6.14. The van der Waals surface area contributed by atoms with Gasteiger partial charge in [-0.15, -0.1) is 11.6 Å². The smallest absolute Gasteiger partial charge is 0.416 e. The number of carboxylic acid groups (broad SMARTS) is 1. The highest BCUT2D eigenvalue weighted by atomic mass is 35.5. The van der Waals surface area contributed by atoms with Gasteiger partial charge in [-0.05, 0) is 101 Å². The van der Waals surface area contributed by atoms with E-state index in [1.54, 1.807) is 12.0 Å². The van der Waals surface area contributed by atoms with Gasteiger partial charge in [-0.1, -0.05) is 36.7 Å². The maximum absolute atomic E-state index is 12.7. The number of nitrogens with one attached hydrogen (secondary N) is 2. The molecule has 0 aliphatic heterocycles. The van der Waals surface area contributed by atoms with E-state index in [-0.39, 0.29) is 64.9 Å². The number of nitro benzene ring substituents is 1. The lowest BCUT2D eigenvalue weighted by Gasteiger charge is -2.31. The summed E-state index contributed by atoms with van der Waals surface area (Å²) in [5, 5.41) is 25.3. The van der Waals surface area contributed by atoms with Crippen LogP contribution < -0.4 is 26.0 Å². The molecule has 0 fully saturated rings. The van der Waals surface area contributed by atoms with Gasteiger partial charge in [0.25, 0.3) is 5.69 Å². The van der Waals surface area contributed by atoms with E-state index in [4.69, 9.17) is 64.7 Å². The molecule has 0 bridgehead atoms. The van der Waals surface area contributed by atoms with Crippen molar-refractivity contribution >= 4 is 89.3 Å². The van der Waals surface area contributed by atoms with Gasteiger partial charge < -0.3 is 50.2 Å². The number of amides is 1. The zero-order valence-electron chi connectivity index (χ0n) is 42.0. The van der Waals surface area contributed by atoms with Crippen LogP contribution in [0.1, 0.15) is 75.0 Å². The van der Waals surface area contributed by atoms with E-state index in [1.807, 2.05) is 46.8 Å². The van der Waals surface area contributed by atoms with Crippen LogP contribution in [0.25, 0.3) is 0 Å². The molecule has 3 aromatic carbocycles. The van der Waals surface area contributed by atoms with Gasteiger partial charge in [-0.25, -0.2) is 9.59 Å². The summed E-state index contributed by atoms with van der Waals surface area (Å²) in [4.78, 5) is 78.6. The number of anilines is 3. The predicted molar refractivity (Wildman–Crippen MR) is 275 cm³/mol. The van der Waals surface area contributed by atoms with E-state index in [1.165, 1.54) is 13.6 Å². The highest BCUT2D eigenvalue weighted by molar-refractivity contribution is 7.57. The number of hydrogen-bond acceptors (Lipinski definition) is 17. The third-order valence-corrected chi connectivity index (χ3v) is 11.0. The van der Waals surface area contributed by atoms with E-state index in [9.17, 15) is 47.0 Å². The fourth-order valence-electron chi connectivity index (χ4n) is 5.93. The summed E-state index contributed by atoms with van der Waals surface area (Å²) in [6.45, 7) is 15.3. The first-order valence-electron chi connectivity index (χ1n) is 22.3. The van der Waals surface area contributed by atoms with Crippen LogP contribution in [0.4, 0.5) is 36.4 Å². The molecule has 0 spiro atoms. The number of benzene rings is 3. The number of carbonyl (C=O) groups excluding carboxylic acids is 3. The molecule has 28 heteroatoms. The van der Waals surface area contributed by atoms with Gasteiger partial charge in [-0.2, -0.15) is 28.1 Å². The number of carboxylic acids is 1. The maximum Gasteiger partial charge on any atom is 0.416 e. The second-order valence-corrected chi connectivity index (χ2v) is 19.4. The third-order valence-electron chi connectivity index (χ3n) is 9.21. The Kier molecular flexibility index (Phi) is 29.0. The Balaban J connectivity index is 0.000000534. The average Bonchev–Trinajstić information content (AvgIpc) is 3.31. The first-order chi connectivity index (χ1) is 34.5. The number of alkyl halides is 4. The first kappa shape index (κ1) is 66.1. The molecule has 3 atom stereocenters. The lowest BCUT2D eigenvalue weighted by Crippen LogP contribution is -2.43. The maximum atomic E-state index is 12.7. The number of halogens is 6. The van der Waals surface area contributed by atoms with Crippen LogP contribution in [0.2, 0.25) is 10.3 Å². The van der Waals surface area contributed by atoms with Crippen molar-refractivity contribution in [3.05, 3.63) is 97.3 Å². The van der Waals surface area contributed by atoms with E-state index in [0.29, 0.717) is 24.6 Å². The topological polar surface area (TPSA) is 298 Å². The summed E-state index contributed by atoms with van der Waals surface area (Å²) >= 11 is 17.3. The number of para-hydroxylation sites is 1. The number of esters is 2.